The second-order valence-electron chi connectivity index (χ2n) is 10.8. The van der Waals surface area contributed by atoms with Crippen LogP contribution in [0.5, 0.6) is 11.5 Å². The van der Waals surface area contributed by atoms with Gasteiger partial charge in [0.25, 0.3) is 0 Å². The maximum absolute atomic E-state index is 13.4. The predicted molar refractivity (Wildman–Crippen MR) is 184 cm³/mol. The first-order valence-electron chi connectivity index (χ1n) is 15.0. The van der Waals surface area contributed by atoms with E-state index in [-0.39, 0.29) is 47.5 Å². The highest BCUT2D eigenvalue weighted by atomic mass is 79.9. The standard InChI is InChI=1S/C38H27BrN2O6/c1-2-44-38(43)32-18-26(39)17-31-35(42)20-36(47-37(31)32)25-15-29(45-21-27-13-11-23-7-3-5-9-33(23)40-27)19-30(16-25)46-22-28-14-12-24-8-4-6-10-34(24)41-28/h3-20H,2,21-22H2,1H3. The number of pyridine rings is 2. The van der Waals surface area contributed by atoms with Crippen molar-refractivity contribution >= 4 is 54.7 Å². The molecule has 3 heterocycles. The van der Waals surface area contributed by atoms with Crippen molar-refractivity contribution in [2.45, 2.75) is 20.1 Å². The van der Waals surface area contributed by atoms with Crippen molar-refractivity contribution in [3.05, 3.63) is 141 Å². The number of esters is 1. The molecular weight excluding hydrogens is 660 g/mol. The van der Waals surface area contributed by atoms with E-state index in [1.807, 2.05) is 72.8 Å². The number of benzene rings is 4. The zero-order chi connectivity index (χ0) is 32.3. The Bertz CT molecular complexity index is 2250. The van der Waals surface area contributed by atoms with Crippen molar-refractivity contribution in [1.29, 1.82) is 0 Å². The molecule has 0 N–H and O–H groups in total. The number of aromatic nitrogens is 2. The lowest BCUT2D eigenvalue weighted by molar-refractivity contribution is 0.0527. The van der Waals surface area contributed by atoms with Gasteiger partial charge in [0.05, 0.1) is 34.4 Å². The van der Waals surface area contributed by atoms with Crippen molar-refractivity contribution < 1.29 is 23.4 Å². The Morgan fingerprint density at radius 2 is 1.34 bits per heavy atom. The van der Waals surface area contributed by atoms with E-state index in [9.17, 15) is 9.59 Å². The molecule has 0 saturated heterocycles. The number of hydrogen-bond donors (Lipinski definition) is 0. The molecule has 4 aromatic carbocycles. The summed E-state index contributed by atoms with van der Waals surface area (Å²) in [6.45, 7) is 2.29. The lowest BCUT2D eigenvalue weighted by atomic mass is 10.1. The number of para-hydroxylation sites is 2. The van der Waals surface area contributed by atoms with Crippen LogP contribution in [-0.4, -0.2) is 22.5 Å². The van der Waals surface area contributed by atoms with Gasteiger partial charge in [0.1, 0.15) is 36.0 Å². The van der Waals surface area contributed by atoms with Gasteiger partial charge in [0, 0.05) is 32.9 Å². The lowest BCUT2D eigenvalue weighted by Gasteiger charge is -2.13. The van der Waals surface area contributed by atoms with E-state index in [2.05, 4.69) is 15.9 Å². The number of nitrogens with zero attached hydrogens (tertiary/aromatic N) is 2. The first-order chi connectivity index (χ1) is 22.9. The molecule has 47 heavy (non-hydrogen) atoms. The van der Waals surface area contributed by atoms with Crippen LogP contribution in [0, 0.1) is 0 Å². The summed E-state index contributed by atoms with van der Waals surface area (Å²) in [4.78, 5) is 35.6. The average molecular weight is 688 g/mol. The number of halogens is 1. The molecule has 0 atom stereocenters. The fraction of sp³-hybridized carbons (Fsp3) is 0.105. The van der Waals surface area contributed by atoms with Gasteiger partial charge in [-0.2, -0.15) is 0 Å². The first kappa shape index (κ1) is 30.1. The first-order valence-corrected chi connectivity index (χ1v) is 15.8. The molecule has 3 aromatic heterocycles. The van der Waals surface area contributed by atoms with E-state index >= 15 is 0 Å². The molecule has 7 aromatic rings. The highest BCUT2D eigenvalue weighted by molar-refractivity contribution is 9.10. The lowest BCUT2D eigenvalue weighted by Crippen LogP contribution is -2.09. The Labute approximate surface area is 277 Å². The molecule has 0 amide bonds. The van der Waals surface area contributed by atoms with E-state index in [1.165, 1.54) is 6.07 Å². The molecule has 9 heteroatoms. The molecular formula is C38H27BrN2O6. The van der Waals surface area contributed by atoms with Crippen LogP contribution in [0.3, 0.4) is 0 Å². The zero-order valence-electron chi connectivity index (χ0n) is 25.2. The normalized spacial score (nSPS) is 11.2. The van der Waals surface area contributed by atoms with Crippen LogP contribution in [-0.2, 0) is 18.0 Å². The summed E-state index contributed by atoms with van der Waals surface area (Å²) in [5.41, 5.74) is 3.72. The number of ether oxygens (including phenoxy) is 3. The number of rotatable bonds is 9. The van der Waals surface area contributed by atoms with Gasteiger partial charge in [-0.15, -0.1) is 0 Å². The Balaban J connectivity index is 1.26. The van der Waals surface area contributed by atoms with Crippen LogP contribution in [0.15, 0.2) is 123 Å². The third-order valence-corrected chi connectivity index (χ3v) is 8.00. The van der Waals surface area contributed by atoms with Crippen molar-refractivity contribution in [2.24, 2.45) is 0 Å². The SMILES string of the molecule is CCOC(=O)c1cc(Br)cc2c(=O)cc(-c3cc(OCc4ccc5ccccc5n4)cc(OCc4ccc5ccccc5n4)c3)oc12. The maximum Gasteiger partial charge on any atom is 0.341 e. The van der Waals surface area contributed by atoms with Gasteiger partial charge in [-0.3, -0.25) is 4.79 Å². The second-order valence-corrected chi connectivity index (χ2v) is 11.7. The molecule has 7 rings (SSSR count). The summed E-state index contributed by atoms with van der Waals surface area (Å²) in [7, 11) is 0. The van der Waals surface area contributed by atoms with Gasteiger partial charge in [-0.25, -0.2) is 14.8 Å². The van der Waals surface area contributed by atoms with Gasteiger partial charge in [-0.05, 0) is 55.5 Å². The number of carbonyl (C=O) groups excluding carboxylic acids is 1. The second kappa shape index (κ2) is 13.1. The average Bonchev–Trinajstić information content (AvgIpc) is 3.09. The molecule has 0 bridgehead atoms. The highest BCUT2D eigenvalue weighted by Crippen LogP contribution is 2.33. The predicted octanol–water partition coefficient (Wildman–Crippen LogP) is 8.65. The molecule has 0 radical (unpaired) electrons. The fourth-order valence-corrected chi connectivity index (χ4v) is 5.76. The van der Waals surface area contributed by atoms with E-state index in [0.29, 0.717) is 21.5 Å². The van der Waals surface area contributed by atoms with Gasteiger partial charge in [0.15, 0.2) is 11.0 Å². The Morgan fingerprint density at radius 1 is 0.745 bits per heavy atom. The molecule has 0 unspecified atom stereocenters. The summed E-state index contributed by atoms with van der Waals surface area (Å²) in [6.07, 6.45) is 0. The summed E-state index contributed by atoms with van der Waals surface area (Å²) < 4.78 is 24.5. The third-order valence-electron chi connectivity index (χ3n) is 7.54. The van der Waals surface area contributed by atoms with Crippen molar-refractivity contribution in [1.82, 2.24) is 9.97 Å². The van der Waals surface area contributed by atoms with Crippen LogP contribution in [0.1, 0.15) is 28.7 Å². The smallest absolute Gasteiger partial charge is 0.341 e. The minimum Gasteiger partial charge on any atom is -0.487 e. The van der Waals surface area contributed by atoms with Crippen LogP contribution < -0.4 is 14.9 Å². The monoisotopic (exact) mass is 686 g/mol. The van der Waals surface area contributed by atoms with Crippen LogP contribution in [0.25, 0.3) is 44.1 Å². The van der Waals surface area contributed by atoms with Crippen molar-refractivity contribution in [2.75, 3.05) is 6.61 Å². The molecule has 232 valence electrons. The van der Waals surface area contributed by atoms with Crippen LogP contribution >= 0.6 is 15.9 Å². The van der Waals surface area contributed by atoms with Gasteiger partial charge < -0.3 is 18.6 Å². The van der Waals surface area contributed by atoms with E-state index < -0.39 is 5.97 Å². The van der Waals surface area contributed by atoms with Gasteiger partial charge in [-0.1, -0.05) is 64.5 Å². The molecule has 0 spiro atoms. The largest absolute Gasteiger partial charge is 0.487 e. The fourth-order valence-electron chi connectivity index (χ4n) is 5.30. The minimum atomic E-state index is -0.592. The molecule has 0 saturated carbocycles. The molecule has 0 aliphatic heterocycles. The molecule has 0 aliphatic carbocycles. The van der Waals surface area contributed by atoms with Crippen molar-refractivity contribution in [3.63, 3.8) is 0 Å². The summed E-state index contributed by atoms with van der Waals surface area (Å²) in [6, 6.07) is 33.5. The molecule has 0 aliphatic rings. The zero-order valence-corrected chi connectivity index (χ0v) is 26.8. The quantitative estimate of drug-likeness (QED) is 0.139. The third kappa shape index (κ3) is 6.57. The van der Waals surface area contributed by atoms with Crippen LogP contribution in [0.4, 0.5) is 0 Å². The van der Waals surface area contributed by atoms with Crippen molar-refractivity contribution in [3.8, 4) is 22.8 Å². The topological polar surface area (TPSA) is 101 Å². The van der Waals surface area contributed by atoms with Crippen LogP contribution in [0.2, 0.25) is 0 Å². The number of fused-ring (bicyclic) bond motifs is 3. The van der Waals surface area contributed by atoms with Gasteiger partial charge in [0.2, 0.25) is 0 Å². The highest BCUT2D eigenvalue weighted by Gasteiger charge is 2.19. The number of hydrogen-bond acceptors (Lipinski definition) is 8. The van der Waals surface area contributed by atoms with E-state index in [1.54, 1.807) is 37.3 Å². The summed E-state index contributed by atoms with van der Waals surface area (Å²) in [5.74, 6) is 0.593. The summed E-state index contributed by atoms with van der Waals surface area (Å²) >= 11 is 3.39. The molecule has 8 nitrogen and oxygen atoms in total. The van der Waals surface area contributed by atoms with E-state index in [4.69, 9.17) is 28.6 Å². The summed E-state index contributed by atoms with van der Waals surface area (Å²) in [5, 5.41) is 2.33. The Hall–Kier alpha value is -5.54. The number of carbonyl (C=O) groups is 1. The van der Waals surface area contributed by atoms with Gasteiger partial charge >= 0.3 is 5.97 Å². The Morgan fingerprint density at radius 3 is 1.94 bits per heavy atom. The minimum absolute atomic E-state index is 0.128. The molecule has 0 fully saturated rings. The Kier molecular flexibility index (Phi) is 8.37. The maximum atomic E-state index is 13.4. The van der Waals surface area contributed by atoms with E-state index in [0.717, 1.165) is 33.2 Å².